The molecule has 0 spiro atoms. The molecule has 1 N–H and O–H groups in total. The first-order valence-corrected chi connectivity index (χ1v) is 13.8. The van der Waals surface area contributed by atoms with Crippen molar-refractivity contribution in [3.63, 3.8) is 0 Å². The van der Waals surface area contributed by atoms with Crippen LogP contribution in [0.15, 0.2) is 30.5 Å². The lowest BCUT2D eigenvalue weighted by Crippen LogP contribution is -2.44. The smallest absolute Gasteiger partial charge is 0.303 e. The van der Waals surface area contributed by atoms with Gasteiger partial charge in [-0.05, 0) is 81.7 Å². The van der Waals surface area contributed by atoms with Crippen LogP contribution in [-0.2, 0) is 4.79 Å². The summed E-state index contributed by atoms with van der Waals surface area (Å²) in [5.74, 6) is -0.261. The van der Waals surface area contributed by atoms with Crippen LogP contribution >= 0.6 is 35.6 Å². The second-order valence-corrected chi connectivity index (χ2v) is 11.3. The molecule has 1 aliphatic heterocycles. The molecule has 2 aromatic heterocycles. The Balaban J connectivity index is 0.00000336. The number of halogens is 3. The quantitative estimate of drug-likeness (QED) is 0.325. The molecule has 3 aromatic rings. The number of nitrogens with zero attached hydrogens (tertiary/aromatic N) is 5. The topological polar surface area (TPSA) is 84.1 Å². The van der Waals surface area contributed by atoms with Crippen molar-refractivity contribution in [3.8, 4) is 0 Å². The van der Waals surface area contributed by atoms with E-state index in [0.717, 1.165) is 66.8 Å². The molecule has 10 heteroatoms. The van der Waals surface area contributed by atoms with Gasteiger partial charge in [-0.25, -0.2) is 14.6 Å². The minimum atomic E-state index is -0.707. The summed E-state index contributed by atoms with van der Waals surface area (Å²) in [6.45, 7) is 7.36. The van der Waals surface area contributed by atoms with E-state index in [1.165, 1.54) is 5.57 Å². The van der Waals surface area contributed by atoms with E-state index >= 15 is 0 Å². The second kappa shape index (κ2) is 11.9. The summed E-state index contributed by atoms with van der Waals surface area (Å²) in [6, 6.07) is 6.19. The summed E-state index contributed by atoms with van der Waals surface area (Å²) < 4.78 is 1.91. The van der Waals surface area contributed by atoms with Gasteiger partial charge in [0.2, 0.25) is 0 Å². The highest BCUT2D eigenvalue weighted by molar-refractivity contribution is 6.35. The van der Waals surface area contributed by atoms with Crippen molar-refractivity contribution >= 4 is 58.3 Å². The number of rotatable bonds is 7. The van der Waals surface area contributed by atoms with Crippen LogP contribution in [0.3, 0.4) is 0 Å². The number of likely N-dealkylation sites (tertiary alicyclic amines) is 1. The summed E-state index contributed by atoms with van der Waals surface area (Å²) >= 11 is 12.6. The van der Waals surface area contributed by atoms with Crippen LogP contribution in [0, 0.1) is 12.8 Å². The first-order chi connectivity index (χ1) is 17.7. The number of aryl methyl sites for hydroxylation is 1. The van der Waals surface area contributed by atoms with Crippen molar-refractivity contribution in [1.82, 2.24) is 24.6 Å². The van der Waals surface area contributed by atoms with E-state index in [4.69, 9.17) is 43.4 Å². The van der Waals surface area contributed by atoms with Crippen LogP contribution in [0.1, 0.15) is 75.4 Å². The lowest BCUT2D eigenvalue weighted by molar-refractivity contribution is -0.137. The van der Waals surface area contributed by atoms with Crippen molar-refractivity contribution in [2.45, 2.75) is 77.4 Å². The number of benzene rings is 1. The molecule has 0 amide bonds. The number of carboxylic acid groups (broad SMARTS) is 1. The Morgan fingerprint density at radius 1 is 1.29 bits per heavy atom. The van der Waals surface area contributed by atoms with Gasteiger partial charge in [0, 0.05) is 28.5 Å². The van der Waals surface area contributed by atoms with Gasteiger partial charge in [0.25, 0.3) is 0 Å². The predicted molar refractivity (Wildman–Crippen MR) is 154 cm³/mol. The van der Waals surface area contributed by atoms with Gasteiger partial charge in [-0.2, -0.15) is 5.10 Å². The van der Waals surface area contributed by atoms with Crippen molar-refractivity contribution in [1.29, 1.82) is 0 Å². The van der Waals surface area contributed by atoms with Crippen LogP contribution in [-0.4, -0.2) is 54.4 Å². The molecule has 38 heavy (non-hydrogen) atoms. The van der Waals surface area contributed by atoms with Gasteiger partial charge in [-0.3, -0.25) is 9.69 Å². The average molecular weight is 579 g/mol. The van der Waals surface area contributed by atoms with Crippen molar-refractivity contribution < 1.29 is 9.90 Å². The van der Waals surface area contributed by atoms with E-state index < -0.39 is 5.97 Å². The fourth-order valence-electron chi connectivity index (χ4n) is 6.08. The number of aliphatic carboxylic acids is 1. The number of aromatic nitrogens is 4. The summed E-state index contributed by atoms with van der Waals surface area (Å²) in [5, 5.41) is 15.1. The standard InChI is InChI=1S/C28H33Cl2N5O2.ClH/c1-16-13-19(6-10-25(16)34-12-4-5-21(34)8-11-26(36)37)24-15-31-27-17(2)33-35(28(27)32-24)18(3)22-9-7-20(29)14-23(22)30;/h6-7,9,14-16,18,21,25H,4-5,8,10-13H2,1-3H3,(H,36,37);1H/t16-,18+,21-,25+;/m0./s1. The SMILES string of the molecule is Cc1nn([C@H](C)c2ccc(Cl)cc2Cl)c2nc(C3=CC[C@@H](N4CCC[C@H]4CCC(=O)O)[C@@H](C)C3)cnc12.Cl. The number of carbonyl (C=O) groups is 1. The van der Waals surface area contributed by atoms with E-state index in [9.17, 15) is 4.79 Å². The maximum atomic E-state index is 11.1. The van der Waals surface area contributed by atoms with Gasteiger partial charge in [-0.1, -0.05) is 42.3 Å². The first kappa shape index (κ1) is 28.8. The minimum Gasteiger partial charge on any atom is -0.481 e. The van der Waals surface area contributed by atoms with Crippen LogP contribution in [0.5, 0.6) is 0 Å². The maximum absolute atomic E-state index is 11.1. The van der Waals surface area contributed by atoms with Crippen LogP contribution < -0.4 is 0 Å². The first-order valence-electron chi connectivity index (χ1n) is 13.1. The Labute approximate surface area is 239 Å². The van der Waals surface area contributed by atoms with Crippen molar-refractivity contribution in [2.75, 3.05) is 6.54 Å². The number of hydrogen-bond donors (Lipinski definition) is 1. The summed E-state index contributed by atoms with van der Waals surface area (Å²) in [4.78, 5) is 23.5. The third-order valence-electron chi connectivity index (χ3n) is 8.02. The molecule has 1 aliphatic carbocycles. The Bertz CT molecular complexity index is 1360. The maximum Gasteiger partial charge on any atom is 0.303 e. The highest BCUT2D eigenvalue weighted by Crippen LogP contribution is 2.37. The molecule has 3 heterocycles. The molecule has 1 aromatic carbocycles. The molecule has 4 atom stereocenters. The van der Waals surface area contributed by atoms with E-state index in [-0.39, 0.29) is 24.9 Å². The van der Waals surface area contributed by atoms with Gasteiger partial charge in [0.15, 0.2) is 5.65 Å². The second-order valence-electron chi connectivity index (χ2n) is 10.5. The molecular weight excluding hydrogens is 545 g/mol. The summed E-state index contributed by atoms with van der Waals surface area (Å²) in [7, 11) is 0. The molecule has 1 saturated heterocycles. The zero-order valence-electron chi connectivity index (χ0n) is 21.9. The lowest BCUT2D eigenvalue weighted by atomic mass is 9.83. The van der Waals surface area contributed by atoms with E-state index in [0.29, 0.717) is 28.0 Å². The zero-order valence-corrected chi connectivity index (χ0v) is 24.2. The Morgan fingerprint density at radius 2 is 2.08 bits per heavy atom. The molecular formula is C28H34Cl3N5O2. The van der Waals surface area contributed by atoms with Crippen LogP contribution in [0.2, 0.25) is 10.0 Å². The highest BCUT2D eigenvalue weighted by Gasteiger charge is 2.35. The Kier molecular flexibility index (Phi) is 9.03. The van der Waals surface area contributed by atoms with Crippen LogP contribution in [0.25, 0.3) is 16.7 Å². The van der Waals surface area contributed by atoms with Gasteiger partial charge in [0.1, 0.15) is 5.52 Å². The van der Waals surface area contributed by atoms with Gasteiger partial charge in [0.05, 0.1) is 23.6 Å². The lowest BCUT2D eigenvalue weighted by Gasteiger charge is -2.39. The number of hydrogen-bond acceptors (Lipinski definition) is 5. The fourth-order valence-corrected chi connectivity index (χ4v) is 6.64. The molecule has 0 bridgehead atoms. The van der Waals surface area contributed by atoms with E-state index in [1.54, 1.807) is 6.07 Å². The van der Waals surface area contributed by atoms with Crippen molar-refractivity contribution in [3.05, 3.63) is 57.5 Å². The Morgan fingerprint density at radius 3 is 2.79 bits per heavy atom. The molecule has 0 radical (unpaired) electrons. The minimum absolute atomic E-state index is 0. The fraction of sp³-hybridized carbons (Fsp3) is 0.500. The molecule has 5 rings (SSSR count). The summed E-state index contributed by atoms with van der Waals surface area (Å²) in [5.41, 5.74) is 5.40. The van der Waals surface area contributed by atoms with Crippen LogP contribution in [0.4, 0.5) is 0 Å². The molecule has 204 valence electrons. The van der Waals surface area contributed by atoms with Gasteiger partial charge >= 0.3 is 5.97 Å². The third kappa shape index (κ3) is 5.71. The largest absolute Gasteiger partial charge is 0.481 e. The molecule has 2 aliphatic rings. The average Bonchev–Trinajstić information content (AvgIpc) is 3.46. The zero-order chi connectivity index (χ0) is 26.3. The molecule has 1 fully saturated rings. The van der Waals surface area contributed by atoms with Crippen molar-refractivity contribution in [2.24, 2.45) is 5.92 Å². The number of carboxylic acids is 1. The van der Waals surface area contributed by atoms with Gasteiger partial charge in [-0.15, -0.1) is 12.4 Å². The molecule has 7 nitrogen and oxygen atoms in total. The van der Waals surface area contributed by atoms with E-state index in [2.05, 4.69) is 24.8 Å². The Hall–Kier alpha value is -2.19. The highest BCUT2D eigenvalue weighted by atomic mass is 35.5. The van der Waals surface area contributed by atoms with E-state index in [1.807, 2.05) is 29.9 Å². The third-order valence-corrected chi connectivity index (χ3v) is 8.59. The monoisotopic (exact) mass is 577 g/mol. The predicted octanol–water partition coefficient (Wildman–Crippen LogP) is 6.98. The molecule has 0 saturated carbocycles. The normalized spacial score (nSPS) is 22.8. The molecule has 0 unspecified atom stereocenters. The number of fused-ring (bicyclic) bond motifs is 1. The van der Waals surface area contributed by atoms with Gasteiger partial charge < -0.3 is 5.11 Å². The number of allylic oxidation sites excluding steroid dienone is 1. The summed E-state index contributed by atoms with van der Waals surface area (Å²) in [6.07, 6.45) is 9.24.